The second-order valence-electron chi connectivity index (χ2n) is 6.63. The first kappa shape index (κ1) is 18.0. The Labute approximate surface area is 162 Å². The van der Waals surface area contributed by atoms with Gasteiger partial charge in [-0.1, -0.05) is 18.2 Å². The largest absolute Gasteiger partial charge is 0.493 e. The molecule has 2 aromatic carbocycles. The predicted molar refractivity (Wildman–Crippen MR) is 103 cm³/mol. The van der Waals surface area contributed by atoms with Crippen molar-refractivity contribution in [2.75, 3.05) is 6.61 Å². The van der Waals surface area contributed by atoms with Crippen LogP contribution in [0.3, 0.4) is 0 Å². The number of carbonyl (C=O) groups excluding carboxylic acids is 1. The molecule has 1 atom stereocenters. The molecule has 2 heterocycles. The molecule has 1 aromatic heterocycles. The molecule has 3 aromatic rings. The number of benzene rings is 2. The first-order valence-electron chi connectivity index (χ1n) is 9.25. The van der Waals surface area contributed by atoms with E-state index in [1.807, 2.05) is 36.5 Å². The predicted octanol–water partition coefficient (Wildman–Crippen LogP) is 3.72. The van der Waals surface area contributed by atoms with Crippen LogP contribution < -0.4 is 15.4 Å². The maximum absolute atomic E-state index is 13.7. The second kappa shape index (κ2) is 8.12. The van der Waals surface area contributed by atoms with Crippen molar-refractivity contribution in [3.05, 3.63) is 77.9 Å². The van der Waals surface area contributed by atoms with Gasteiger partial charge in [0.2, 0.25) is 0 Å². The quantitative estimate of drug-likeness (QED) is 0.725. The van der Waals surface area contributed by atoms with Crippen LogP contribution in [0.25, 0.3) is 5.69 Å². The van der Waals surface area contributed by atoms with E-state index in [1.54, 1.807) is 16.9 Å². The van der Waals surface area contributed by atoms with Gasteiger partial charge in [0.15, 0.2) is 0 Å². The maximum atomic E-state index is 13.7. The van der Waals surface area contributed by atoms with Crippen LogP contribution in [0.15, 0.2) is 60.9 Å². The highest BCUT2D eigenvalue weighted by molar-refractivity contribution is 5.74. The van der Waals surface area contributed by atoms with Crippen LogP contribution >= 0.6 is 0 Å². The van der Waals surface area contributed by atoms with Gasteiger partial charge in [-0.15, -0.1) is 0 Å². The van der Waals surface area contributed by atoms with Crippen molar-refractivity contribution in [1.29, 1.82) is 0 Å². The molecule has 0 fully saturated rings. The molecule has 4 rings (SSSR count). The number of fused-ring (bicyclic) bond motifs is 1. The Morgan fingerprint density at radius 2 is 2.14 bits per heavy atom. The van der Waals surface area contributed by atoms with Crippen LogP contribution in [0.4, 0.5) is 9.18 Å². The van der Waals surface area contributed by atoms with Gasteiger partial charge in [-0.2, -0.15) is 5.10 Å². The fourth-order valence-corrected chi connectivity index (χ4v) is 3.38. The molecule has 1 aliphatic heterocycles. The van der Waals surface area contributed by atoms with Crippen LogP contribution in [-0.2, 0) is 6.54 Å². The molecule has 2 N–H and O–H groups in total. The molecule has 2 amide bonds. The van der Waals surface area contributed by atoms with Gasteiger partial charge >= 0.3 is 6.03 Å². The number of aromatic nitrogens is 2. The van der Waals surface area contributed by atoms with Gasteiger partial charge in [-0.05, 0) is 48.7 Å². The van der Waals surface area contributed by atoms with Crippen LogP contribution in [-0.4, -0.2) is 22.4 Å². The average molecular weight is 380 g/mol. The molecule has 1 aliphatic rings. The SMILES string of the molecule is O=C(NCc1ccccc1-n1cccn1)NC1CCCOc2ccc(F)cc21. The number of nitrogens with one attached hydrogen (secondary N) is 2. The molecule has 0 bridgehead atoms. The Kier molecular flexibility index (Phi) is 5.23. The highest BCUT2D eigenvalue weighted by Gasteiger charge is 2.22. The van der Waals surface area contributed by atoms with Crippen molar-refractivity contribution in [1.82, 2.24) is 20.4 Å². The molecule has 144 valence electrons. The van der Waals surface area contributed by atoms with Gasteiger partial charge in [-0.3, -0.25) is 0 Å². The molecule has 0 radical (unpaired) electrons. The summed E-state index contributed by atoms with van der Waals surface area (Å²) in [6.07, 6.45) is 5.04. The summed E-state index contributed by atoms with van der Waals surface area (Å²) in [5, 5.41) is 10.1. The lowest BCUT2D eigenvalue weighted by atomic mass is 10.0. The topological polar surface area (TPSA) is 68.2 Å². The molecule has 28 heavy (non-hydrogen) atoms. The van der Waals surface area contributed by atoms with E-state index in [-0.39, 0.29) is 17.9 Å². The Morgan fingerprint density at radius 3 is 3.00 bits per heavy atom. The van der Waals surface area contributed by atoms with Crippen LogP contribution in [0.5, 0.6) is 5.75 Å². The molecule has 0 spiro atoms. The minimum absolute atomic E-state index is 0.297. The zero-order valence-electron chi connectivity index (χ0n) is 15.3. The van der Waals surface area contributed by atoms with Gasteiger partial charge in [0, 0.05) is 24.5 Å². The number of carbonyl (C=O) groups is 1. The van der Waals surface area contributed by atoms with E-state index < -0.39 is 0 Å². The van der Waals surface area contributed by atoms with Gasteiger partial charge in [0.05, 0.1) is 18.3 Å². The number of urea groups is 1. The molecular formula is C21H21FN4O2. The fourth-order valence-electron chi connectivity index (χ4n) is 3.38. The van der Waals surface area contributed by atoms with Gasteiger partial charge in [0.25, 0.3) is 0 Å². The lowest BCUT2D eigenvalue weighted by Crippen LogP contribution is -2.37. The van der Waals surface area contributed by atoms with Gasteiger partial charge in [-0.25, -0.2) is 13.9 Å². The van der Waals surface area contributed by atoms with Crippen LogP contribution in [0, 0.1) is 5.82 Å². The minimum atomic E-state index is -0.343. The number of rotatable bonds is 4. The summed E-state index contributed by atoms with van der Waals surface area (Å²) in [5.41, 5.74) is 2.52. The summed E-state index contributed by atoms with van der Waals surface area (Å²) in [6, 6.07) is 13.4. The number of hydrogen-bond donors (Lipinski definition) is 2. The standard InChI is InChI=1S/C21H21FN4O2/c22-16-8-9-20-17(13-16)18(6-3-12-28-20)25-21(27)23-14-15-5-1-2-7-19(15)26-11-4-10-24-26/h1-2,4-5,7-11,13,18H,3,6,12,14H2,(H2,23,25,27). The average Bonchev–Trinajstić information content (AvgIpc) is 3.17. The molecule has 1 unspecified atom stereocenters. The Bertz CT molecular complexity index is 959. The van der Waals surface area contributed by atoms with Gasteiger partial charge < -0.3 is 15.4 Å². The van der Waals surface area contributed by atoms with E-state index in [2.05, 4.69) is 15.7 Å². The first-order chi connectivity index (χ1) is 13.7. The molecule has 6 nitrogen and oxygen atoms in total. The lowest BCUT2D eigenvalue weighted by molar-refractivity contribution is 0.235. The zero-order chi connectivity index (χ0) is 19.3. The van der Waals surface area contributed by atoms with E-state index in [0.29, 0.717) is 30.9 Å². The van der Waals surface area contributed by atoms with E-state index in [1.165, 1.54) is 12.1 Å². The van der Waals surface area contributed by atoms with Crippen molar-refractivity contribution in [2.45, 2.75) is 25.4 Å². The van der Waals surface area contributed by atoms with E-state index in [0.717, 1.165) is 17.7 Å². The Hall–Kier alpha value is -3.35. The Morgan fingerprint density at radius 1 is 1.25 bits per heavy atom. The van der Waals surface area contributed by atoms with E-state index in [9.17, 15) is 9.18 Å². The lowest BCUT2D eigenvalue weighted by Gasteiger charge is -2.19. The number of nitrogens with zero attached hydrogens (tertiary/aromatic N) is 2. The number of amides is 2. The normalized spacial score (nSPS) is 15.8. The smallest absolute Gasteiger partial charge is 0.315 e. The van der Waals surface area contributed by atoms with Crippen molar-refractivity contribution in [3.63, 3.8) is 0 Å². The van der Waals surface area contributed by atoms with E-state index in [4.69, 9.17) is 4.74 Å². The maximum Gasteiger partial charge on any atom is 0.315 e. The second-order valence-corrected chi connectivity index (χ2v) is 6.63. The minimum Gasteiger partial charge on any atom is -0.493 e. The number of halogens is 1. The van der Waals surface area contributed by atoms with Crippen LogP contribution in [0.1, 0.15) is 30.0 Å². The van der Waals surface area contributed by atoms with Crippen molar-refractivity contribution >= 4 is 6.03 Å². The summed E-state index contributed by atoms with van der Waals surface area (Å²) in [5.74, 6) is 0.276. The third kappa shape index (κ3) is 3.98. The summed E-state index contributed by atoms with van der Waals surface area (Å²) in [6.45, 7) is 0.900. The number of para-hydroxylation sites is 1. The highest BCUT2D eigenvalue weighted by Crippen LogP contribution is 2.32. The summed E-state index contributed by atoms with van der Waals surface area (Å²) >= 11 is 0. The van der Waals surface area contributed by atoms with Crippen LogP contribution in [0.2, 0.25) is 0 Å². The zero-order valence-corrected chi connectivity index (χ0v) is 15.3. The fraction of sp³-hybridized carbons (Fsp3) is 0.238. The van der Waals surface area contributed by atoms with Crippen molar-refractivity contribution in [3.8, 4) is 11.4 Å². The molecule has 0 saturated carbocycles. The van der Waals surface area contributed by atoms with Crippen molar-refractivity contribution in [2.24, 2.45) is 0 Å². The van der Waals surface area contributed by atoms with E-state index >= 15 is 0 Å². The summed E-state index contributed by atoms with van der Waals surface area (Å²) in [7, 11) is 0. The molecule has 0 saturated heterocycles. The van der Waals surface area contributed by atoms with Gasteiger partial charge in [0.1, 0.15) is 11.6 Å². The summed E-state index contributed by atoms with van der Waals surface area (Å²) in [4.78, 5) is 12.5. The number of hydrogen-bond acceptors (Lipinski definition) is 3. The number of ether oxygens (including phenoxy) is 1. The molecule has 0 aliphatic carbocycles. The molecule has 7 heteroatoms. The first-order valence-corrected chi connectivity index (χ1v) is 9.25. The summed E-state index contributed by atoms with van der Waals surface area (Å²) < 4.78 is 21.1. The Balaban J connectivity index is 1.44. The highest BCUT2D eigenvalue weighted by atomic mass is 19.1. The third-order valence-electron chi connectivity index (χ3n) is 4.73. The third-order valence-corrected chi connectivity index (χ3v) is 4.73. The van der Waals surface area contributed by atoms with Crippen molar-refractivity contribution < 1.29 is 13.9 Å². The molecular weight excluding hydrogens is 359 g/mol. The monoisotopic (exact) mass is 380 g/mol.